The zero-order valence-corrected chi connectivity index (χ0v) is 13.5. The summed E-state index contributed by atoms with van der Waals surface area (Å²) < 4.78 is 5.12. The maximum Gasteiger partial charge on any atom is 0.414 e. The van der Waals surface area contributed by atoms with E-state index in [-0.39, 0.29) is 23.1 Å². The van der Waals surface area contributed by atoms with Crippen LogP contribution in [0.3, 0.4) is 0 Å². The standard InChI is InChI=1S/C16H18ClN3O2/c1-16(2,3)12-9-13(17)19-14(18-12)20-15(21)22-10-11-7-5-4-6-8-11/h4-9H,10H2,1-3H3,(H,18,19,20,21). The van der Waals surface area contributed by atoms with Gasteiger partial charge < -0.3 is 4.74 Å². The molecule has 1 aromatic carbocycles. The summed E-state index contributed by atoms with van der Waals surface area (Å²) in [6.07, 6.45) is -0.619. The number of nitrogens with zero attached hydrogens (tertiary/aromatic N) is 2. The van der Waals surface area contributed by atoms with Crippen molar-refractivity contribution in [2.24, 2.45) is 0 Å². The van der Waals surface area contributed by atoms with Gasteiger partial charge in [-0.2, -0.15) is 0 Å². The first-order valence-electron chi connectivity index (χ1n) is 6.87. The second-order valence-electron chi connectivity index (χ2n) is 5.84. The summed E-state index contributed by atoms with van der Waals surface area (Å²) in [5.41, 5.74) is 1.45. The fourth-order valence-corrected chi connectivity index (χ4v) is 1.89. The van der Waals surface area contributed by atoms with Crippen LogP contribution in [0.25, 0.3) is 0 Å². The van der Waals surface area contributed by atoms with Crippen LogP contribution >= 0.6 is 11.6 Å². The van der Waals surface area contributed by atoms with Gasteiger partial charge in [-0.3, -0.25) is 5.32 Å². The van der Waals surface area contributed by atoms with Gasteiger partial charge in [0.15, 0.2) is 0 Å². The molecule has 2 rings (SSSR count). The van der Waals surface area contributed by atoms with E-state index < -0.39 is 6.09 Å². The van der Waals surface area contributed by atoms with Gasteiger partial charge in [-0.1, -0.05) is 62.7 Å². The van der Waals surface area contributed by atoms with E-state index >= 15 is 0 Å². The molecule has 0 fully saturated rings. The Bertz CT molecular complexity index is 654. The maximum atomic E-state index is 11.8. The molecule has 22 heavy (non-hydrogen) atoms. The molecule has 0 unspecified atom stereocenters. The summed E-state index contributed by atoms with van der Waals surface area (Å²) in [5, 5.41) is 2.77. The van der Waals surface area contributed by atoms with Gasteiger partial charge in [-0.15, -0.1) is 0 Å². The number of halogens is 1. The van der Waals surface area contributed by atoms with Crippen molar-refractivity contribution in [3.63, 3.8) is 0 Å². The molecular formula is C16H18ClN3O2. The highest BCUT2D eigenvalue weighted by atomic mass is 35.5. The topological polar surface area (TPSA) is 64.1 Å². The molecule has 0 spiro atoms. The van der Waals surface area contributed by atoms with Gasteiger partial charge in [0.25, 0.3) is 0 Å². The lowest BCUT2D eigenvalue weighted by Crippen LogP contribution is -2.19. The lowest BCUT2D eigenvalue weighted by Gasteiger charge is -2.18. The number of hydrogen-bond donors (Lipinski definition) is 1. The fraction of sp³-hybridized carbons (Fsp3) is 0.312. The normalized spacial score (nSPS) is 11.1. The van der Waals surface area contributed by atoms with Crippen LogP contribution in [0.1, 0.15) is 32.0 Å². The van der Waals surface area contributed by atoms with Crippen LogP contribution in [-0.4, -0.2) is 16.1 Å². The summed E-state index contributed by atoms with van der Waals surface area (Å²) in [5.74, 6) is 0.135. The van der Waals surface area contributed by atoms with Crippen molar-refractivity contribution in [2.75, 3.05) is 5.32 Å². The number of hydrogen-bond acceptors (Lipinski definition) is 4. The molecule has 0 radical (unpaired) electrons. The summed E-state index contributed by atoms with van der Waals surface area (Å²) in [4.78, 5) is 20.1. The smallest absolute Gasteiger partial charge is 0.414 e. The zero-order chi connectivity index (χ0) is 16.2. The Kier molecular flexibility index (Phi) is 4.98. The Morgan fingerprint density at radius 1 is 1.23 bits per heavy atom. The minimum absolute atomic E-state index is 0.135. The predicted octanol–water partition coefficient (Wildman–Crippen LogP) is 4.18. The van der Waals surface area contributed by atoms with Crippen LogP contribution in [0.2, 0.25) is 5.15 Å². The first-order chi connectivity index (χ1) is 10.3. The second-order valence-corrected chi connectivity index (χ2v) is 6.22. The third-order valence-corrected chi connectivity index (χ3v) is 3.08. The Morgan fingerprint density at radius 2 is 1.91 bits per heavy atom. The first kappa shape index (κ1) is 16.2. The van der Waals surface area contributed by atoms with Crippen LogP contribution in [0, 0.1) is 0 Å². The van der Waals surface area contributed by atoms with E-state index in [1.165, 1.54) is 0 Å². The van der Waals surface area contributed by atoms with Crippen LogP contribution in [0.5, 0.6) is 0 Å². The maximum absolute atomic E-state index is 11.8. The highest BCUT2D eigenvalue weighted by Gasteiger charge is 2.18. The molecule has 0 bridgehead atoms. The third-order valence-electron chi connectivity index (χ3n) is 2.89. The minimum atomic E-state index is -0.619. The fourth-order valence-electron chi connectivity index (χ4n) is 1.71. The van der Waals surface area contributed by atoms with E-state index in [2.05, 4.69) is 15.3 Å². The quantitative estimate of drug-likeness (QED) is 0.862. The second kappa shape index (κ2) is 6.75. The van der Waals surface area contributed by atoms with Crippen molar-refractivity contribution < 1.29 is 9.53 Å². The average Bonchev–Trinajstić information content (AvgIpc) is 2.45. The van der Waals surface area contributed by atoms with Gasteiger partial charge in [0.2, 0.25) is 5.95 Å². The number of carbonyl (C=O) groups is 1. The summed E-state index contributed by atoms with van der Waals surface area (Å²) in [7, 11) is 0. The SMILES string of the molecule is CC(C)(C)c1cc(Cl)nc(NC(=O)OCc2ccccc2)n1. The highest BCUT2D eigenvalue weighted by Crippen LogP contribution is 2.23. The molecule has 5 nitrogen and oxygen atoms in total. The Hall–Kier alpha value is -2.14. The van der Waals surface area contributed by atoms with Gasteiger partial charge in [0.1, 0.15) is 11.8 Å². The van der Waals surface area contributed by atoms with E-state index in [1.807, 2.05) is 51.1 Å². The van der Waals surface area contributed by atoms with E-state index in [0.717, 1.165) is 11.3 Å². The molecule has 0 saturated heterocycles. The minimum Gasteiger partial charge on any atom is -0.444 e. The number of aromatic nitrogens is 2. The molecule has 0 saturated carbocycles. The van der Waals surface area contributed by atoms with Crippen molar-refractivity contribution in [3.05, 3.63) is 52.8 Å². The third kappa shape index (κ3) is 4.70. The van der Waals surface area contributed by atoms with Gasteiger partial charge >= 0.3 is 6.09 Å². The molecule has 0 atom stereocenters. The van der Waals surface area contributed by atoms with Gasteiger partial charge in [-0.05, 0) is 11.6 Å². The van der Waals surface area contributed by atoms with Crippen LogP contribution in [0.15, 0.2) is 36.4 Å². The Labute approximate surface area is 134 Å². The van der Waals surface area contributed by atoms with Gasteiger partial charge in [-0.25, -0.2) is 14.8 Å². The zero-order valence-electron chi connectivity index (χ0n) is 12.8. The Balaban J connectivity index is 2.01. The number of anilines is 1. The summed E-state index contributed by atoms with van der Waals surface area (Å²) in [6, 6.07) is 11.1. The molecule has 1 heterocycles. The highest BCUT2D eigenvalue weighted by molar-refractivity contribution is 6.29. The molecule has 0 aliphatic carbocycles. The number of ether oxygens (including phenoxy) is 1. The molecular weight excluding hydrogens is 302 g/mol. The molecule has 2 aromatic rings. The predicted molar refractivity (Wildman–Crippen MR) is 86.0 cm³/mol. The van der Waals surface area contributed by atoms with E-state index in [4.69, 9.17) is 16.3 Å². The van der Waals surface area contributed by atoms with Crippen molar-refractivity contribution in [1.82, 2.24) is 9.97 Å². The Morgan fingerprint density at radius 3 is 2.55 bits per heavy atom. The number of benzene rings is 1. The van der Waals surface area contributed by atoms with Crippen LogP contribution in [0.4, 0.5) is 10.7 Å². The van der Waals surface area contributed by atoms with Gasteiger partial charge in [0.05, 0.1) is 5.69 Å². The lowest BCUT2D eigenvalue weighted by molar-refractivity contribution is 0.155. The molecule has 0 aliphatic rings. The summed E-state index contributed by atoms with van der Waals surface area (Å²) >= 11 is 5.97. The van der Waals surface area contributed by atoms with Gasteiger partial charge in [0, 0.05) is 5.41 Å². The monoisotopic (exact) mass is 319 g/mol. The largest absolute Gasteiger partial charge is 0.444 e. The number of nitrogens with one attached hydrogen (secondary N) is 1. The molecule has 6 heteroatoms. The number of rotatable bonds is 3. The van der Waals surface area contributed by atoms with Crippen LogP contribution in [-0.2, 0) is 16.8 Å². The molecule has 116 valence electrons. The van der Waals surface area contributed by atoms with E-state index in [1.54, 1.807) is 6.07 Å². The number of carbonyl (C=O) groups excluding carboxylic acids is 1. The van der Waals surface area contributed by atoms with E-state index in [0.29, 0.717) is 0 Å². The van der Waals surface area contributed by atoms with Crippen LogP contribution < -0.4 is 5.32 Å². The average molecular weight is 320 g/mol. The number of amides is 1. The molecule has 1 N–H and O–H groups in total. The first-order valence-corrected chi connectivity index (χ1v) is 7.25. The van der Waals surface area contributed by atoms with Crippen molar-refractivity contribution >= 4 is 23.6 Å². The molecule has 1 aromatic heterocycles. The molecule has 0 aliphatic heterocycles. The van der Waals surface area contributed by atoms with Crippen molar-refractivity contribution in [1.29, 1.82) is 0 Å². The van der Waals surface area contributed by atoms with Crippen molar-refractivity contribution in [3.8, 4) is 0 Å². The van der Waals surface area contributed by atoms with Crippen molar-refractivity contribution in [2.45, 2.75) is 32.8 Å². The van der Waals surface area contributed by atoms with E-state index in [9.17, 15) is 4.79 Å². The molecule has 1 amide bonds. The summed E-state index contributed by atoms with van der Waals surface area (Å²) in [6.45, 7) is 6.19. The lowest BCUT2D eigenvalue weighted by atomic mass is 9.92.